The molecule has 1 aromatic carbocycles. The van der Waals surface area contributed by atoms with Gasteiger partial charge in [-0.3, -0.25) is 9.59 Å². The Hall–Kier alpha value is -2.02. The summed E-state index contributed by atoms with van der Waals surface area (Å²) in [5, 5.41) is 8.99. The molecule has 1 heterocycles. The second-order valence-corrected chi connectivity index (χ2v) is 6.74. The minimum absolute atomic E-state index is 0.0323. The van der Waals surface area contributed by atoms with Gasteiger partial charge in [-0.2, -0.15) is 0 Å². The molecule has 0 radical (unpaired) electrons. The summed E-state index contributed by atoms with van der Waals surface area (Å²) >= 11 is 0. The fraction of sp³-hybridized carbons (Fsp3) is 0.579. The monoisotopic (exact) mass is 367 g/mol. The van der Waals surface area contributed by atoms with E-state index in [1.54, 1.807) is 6.07 Å². The van der Waals surface area contributed by atoms with E-state index in [1.165, 1.54) is 13.0 Å². The van der Waals surface area contributed by atoms with Crippen LogP contribution >= 0.6 is 0 Å². The third-order valence-corrected chi connectivity index (χ3v) is 4.65. The standard InChI is InChI=1S/C19H27F2N3O2/c1-13(25)23-9-4-2-3-5-19(26)24-18-12-22-10-8-15(18)14-6-7-16(20)17(21)11-14/h6-7,11,15,18,22H,2-5,8-10,12H2,1H3,(H,23,25)(H,24,26). The Morgan fingerprint density at radius 1 is 1.19 bits per heavy atom. The predicted octanol–water partition coefficient (Wildman–Crippen LogP) is 2.22. The highest BCUT2D eigenvalue weighted by Crippen LogP contribution is 2.27. The second kappa shape index (κ2) is 10.2. The molecule has 0 aromatic heterocycles. The lowest BCUT2D eigenvalue weighted by atomic mass is 9.86. The van der Waals surface area contributed by atoms with Crippen LogP contribution in [0.15, 0.2) is 18.2 Å². The first-order valence-electron chi connectivity index (χ1n) is 9.17. The maximum absolute atomic E-state index is 13.5. The normalized spacial score (nSPS) is 19.8. The number of rotatable bonds is 8. The lowest BCUT2D eigenvalue weighted by Gasteiger charge is -2.33. The van der Waals surface area contributed by atoms with Gasteiger partial charge in [0.2, 0.25) is 11.8 Å². The predicted molar refractivity (Wildman–Crippen MR) is 95.7 cm³/mol. The fourth-order valence-corrected chi connectivity index (χ4v) is 3.28. The van der Waals surface area contributed by atoms with Gasteiger partial charge in [0.05, 0.1) is 0 Å². The topological polar surface area (TPSA) is 70.2 Å². The Labute approximate surface area is 152 Å². The highest BCUT2D eigenvalue weighted by molar-refractivity contribution is 5.76. The van der Waals surface area contributed by atoms with E-state index in [9.17, 15) is 18.4 Å². The van der Waals surface area contributed by atoms with Gasteiger partial charge in [-0.15, -0.1) is 0 Å². The van der Waals surface area contributed by atoms with Gasteiger partial charge in [-0.1, -0.05) is 12.5 Å². The summed E-state index contributed by atoms with van der Waals surface area (Å²) in [6.07, 6.45) is 3.63. The van der Waals surface area contributed by atoms with Crippen LogP contribution in [0.3, 0.4) is 0 Å². The average Bonchev–Trinajstić information content (AvgIpc) is 2.60. The zero-order valence-corrected chi connectivity index (χ0v) is 15.1. The first-order valence-corrected chi connectivity index (χ1v) is 9.17. The zero-order chi connectivity index (χ0) is 18.9. The van der Waals surface area contributed by atoms with Crippen molar-refractivity contribution in [2.24, 2.45) is 0 Å². The molecular weight excluding hydrogens is 340 g/mol. The Morgan fingerprint density at radius 3 is 2.73 bits per heavy atom. The number of amides is 2. The van der Waals surface area contributed by atoms with E-state index >= 15 is 0 Å². The molecule has 2 unspecified atom stereocenters. The molecule has 0 bridgehead atoms. The summed E-state index contributed by atoms with van der Waals surface area (Å²) in [6, 6.07) is 3.82. The molecule has 2 rings (SSSR count). The zero-order valence-electron chi connectivity index (χ0n) is 15.1. The second-order valence-electron chi connectivity index (χ2n) is 6.74. The molecule has 3 N–H and O–H groups in total. The molecule has 1 aliphatic rings. The quantitative estimate of drug-likeness (QED) is 0.617. The smallest absolute Gasteiger partial charge is 0.220 e. The van der Waals surface area contributed by atoms with Crippen LogP contribution in [0.2, 0.25) is 0 Å². The minimum atomic E-state index is -0.859. The first-order chi connectivity index (χ1) is 12.5. The van der Waals surface area contributed by atoms with Crippen LogP contribution in [-0.2, 0) is 9.59 Å². The molecule has 2 amide bonds. The van der Waals surface area contributed by atoms with Crippen LogP contribution in [0.1, 0.15) is 50.5 Å². The van der Waals surface area contributed by atoms with Crippen molar-refractivity contribution in [1.82, 2.24) is 16.0 Å². The summed E-state index contributed by atoms with van der Waals surface area (Å²) in [6.45, 7) is 3.49. The molecule has 7 heteroatoms. The summed E-state index contributed by atoms with van der Waals surface area (Å²) in [4.78, 5) is 23.0. The lowest BCUT2D eigenvalue weighted by Crippen LogP contribution is -2.50. The van der Waals surface area contributed by atoms with E-state index in [-0.39, 0.29) is 23.8 Å². The van der Waals surface area contributed by atoms with E-state index in [1.807, 2.05) is 0 Å². The van der Waals surface area contributed by atoms with Crippen LogP contribution in [-0.4, -0.2) is 37.5 Å². The van der Waals surface area contributed by atoms with Crippen molar-refractivity contribution in [1.29, 1.82) is 0 Å². The highest BCUT2D eigenvalue weighted by Gasteiger charge is 2.28. The van der Waals surface area contributed by atoms with E-state index in [0.717, 1.165) is 38.3 Å². The summed E-state index contributed by atoms with van der Waals surface area (Å²) < 4.78 is 26.7. The Bertz CT molecular complexity index is 625. The summed E-state index contributed by atoms with van der Waals surface area (Å²) in [5.41, 5.74) is 0.714. The lowest BCUT2D eigenvalue weighted by molar-refractivity contribution is -0.122. The number of nitrogens with one attached hydrogen (secondary N) is 3. The van der Waals surface area contributed by atoms with Crippen LogP contribution in [0.25, 0.3) is 0 Å². The number of carbonyl (C=O) groups excluding carboxylic acids is 2. The van der Waals surface area contributed by atoms with Crippen LogP contribution in [0.5, 0.6) is 0 Å². The van der Waals surface area contributed by atoms with E-state index in [4.69, 9.17) is 0 Å². The van der Waals surface area contributed by atoms with Crippen molar-refractivity contribution < 1.29 is 18.4 Å². The largest absolute Gasteiger partial charge is 0.356 e. The molecule has 5 nitrogen and oxygen atoms in total. The van der Waals surface area contributed by atoms with Gasteiger partial charge in [-0.05, 0) is 43.5 Å². The average molecular weight is 367 g/mol. The number of benzene rings is 1. The number of piperidine rings is 1. The molecule has 1 aliphatic heterocycles. The number of carbonyl (C=O) groups is 2. The van der Waals surface area contributed by atoms with Crippen molar-refractivity contribution in [2.75, 3.05) is 19.6 Å². The molecule has 0 saturated carbocycles. The van der Waals surface area contributed by atoms with E-state index in [0.29, 0.717) is 25.1 Å². The Balaban J connectivity index is 1.80. The molecule has 1 saturated heterocycles. The van der Waals surface area contributed by atoms with Crippen molar-refractivity contribution in [2.45, 2.75) is 51.0 Å². The summed E-state index contributed by atoms with van der Waals surface area (Å²) in [7, 11) is 0. The summed E-state index contributed by atoms with van der Waals surface area (Å²) in [5.74, 6) is -1.83. The third kappa shape index (κ3) is 6.37. The van der Waals surface area contributed by atoms with Crippen LogP contribution in [0, 0.1) is 11.6 Å². The van der Waals surface area contributed by atoms with E-state index < -0.39 is 11.6 Å². The Morgan fingerprint density at radius 2 is 2.00 bits per heavy atom. The van der Waals surface area contributed by atoms with E-state index in [2.05, 4.69) is 16.0 Å². The molecule has 144 valence electrons. The first kappa shape index (κ1) is 20.3. The maximum Gasteiger partial charge on any atom is 0.220 e. The molecule has 0 aliphatic carbocycles. The van der Waals surface area contributed by atoms with Crippen LogP contribution < -0.4 is 16.0 Å². The third-order valence-electron chi connectivity index (χ3n) is 4.65. The van der Waals surface area contributed by atoms with Crippen molar-refractivity contribution in [3.05, 3.63) is 35.4 Å². The molecule has 2 atom stereocenters. The van der Waals surface area contributed by atoms with Gasteiger partial charge in [0.15, 0.2) is 11.6 Å². The molecular formula is C19H27F2N3O2. The minimum Gasteiger partial charge on any atom is -0.356 e. The van der Waals surface area contributed by atoms with Gasteiger partial charge < -0.3 is 16.0 Å². The number of hydrogen-bond donors (Lipinski definition) is 3. The Kier molecular flexibility index (Phi) is 7.97. The number of unbranched alkanes of at least 4 members (excludes halogenated alkanes) is 2. The van der Waals surface area contributed by atoms with Crippen molar-refractivity contribution >= 4 is 11.8 Å². The van der Waals surface area contributed by atoms with Gasteiger partial charge >= 0.3 is 0 Å². The van der Waals surface area contributed by atoms with Crippen molar-refractivity contribution in [3.8, 4) is 0 Å². The fourth-order valence-electron chi connectivity index (χ4n) is 3.28. The molecule has 0 spiro atoms. The van der Waals surface area contributed by atoms with Gasteiger partial charge in [-0.25, -0.2) is 8.78 Å². The molecule has 26 heavy (non-hydrogen) atoms. The SMILES string of the molecule is CC(=O)NCCCCCC(=O)NC1CNCCC1c1ccc(F)c(F)c1. The maximum atomic E-state index is 13.5. The van der Waals surface area contributed by atoms with Crippen LogP contribution in [0.4, 0.5) is 8.78 Å². The highest BCUT2D eigenvalue weighted by atomic mass is 19.2. The van der Waals surface area contributed by atoms with Crippen molar-refractivity contribution in [3.63, 3.8) is 0 Å². The van der Waals surface area contributed by atoms with Gasteiger partial charge in [0.1, 0.15) is 0 Å². The molecule has 1 aromatic rings. The molecule has 1 fully saturated rings. The van der Waals surface area contributed by atoms with Gasteiger partial charge in [0.25, 0.3) is 0 Å². The number of hydrogen-bond acceptors (Lipinski definition) is 3. The van der Waals surface area contributed by atoms with Gasteiger partial charge in [0, 0.05) is 38.4 Å². The number of halogens is 2.